The molecule has 0 rings (SSSR count). The SMILES string of the molecule is O=C([O-])C(=O)CCC(F)(F)F. The van der Waals surface area contributed by atoms with Crippen LogP contribution in [0.25, 0.3) is 0 Å². The number of carboxylic acid groups (broad SMARTS) is 1. The number of ketones is 1. The van der Waals surface area contributed by atoms with E-state index in [1.165, 1.54) is 0 Å². The summed E-state index contributed by atoms with van der Waals surface area (Å²) in [6.45, 7) is 0. The van der Waals surface area contributed by atoms with Crippen molar-refractivity contribution in [3.8, 4) is 0 Å². The Balaban J connectivity index is 3.73. The van der Waals surface area contributed by atoms with Crippen molar-refractivity contribution in [2.24, 2.45) is 0 Å². The number of hydrogen-bond acceptors (Lipinski definition) is 3. The lowest BCUT2D eigenvalue weighted by atomic mass is 10.2. The van der Waals surface area contributed by atoms with E-state index >= 15 is 0 Å². The van der Waals surface area contributed by atoms with Gasteiger partial charge in [0, 0.05) is 6.42 Å². The molecule has 0 aromatic heterocycles. The van der Waals surface area contributed by atoms with Gasteiger partial charge >= 0.3 is 6.18 Å². The van der Waals surface area contributed by atoms with E-state index in [1.807, 2.05) is 0 Å². The molecule has 0 radical (unpaired) electrons. The fourth-order valence-corrected chi connectivity index (χ4v) is 0.357. The van der Waals surface area contributed by atoms with Crippen molar-refractivity contribution >= 4 is 11.8 Å². The van der Waals surface area contributed by atoms with E-state index in [2.05, 4.69) is 0 Å². The van der Waals surface area contributed by atoms with E-state index in [1.54, 1.807) is 0 Å². The second-order valence-electron chi connectivity index (χ2n) is 1.83. The molecule has 0 bridgehead atoms. The summed E-state index contributed by atoms with van der Waals surface area (Å²) in [6, 6.07) is 0. The Morgan fingerprint density at radius 2 is 1.73 bits per heavy atom. The van der Waals surface area contributed by atoms with Crippen molar-refractivity contribution in [1.82, 2.24) is 0 Å². The van der Waals surface area contributed by atoms with E-state index in [0.717, 1.165) is 0 Å². The minimum Gasteiger partial charge on any atom is -0.542 e. The van der Waals surface area contributed by atoms with Crippen molar-refractivity contribution < 1.29 is 27.9 Å². The molecule has 0 aliphatic carbocycles. The number of hydrogen-bond donors (Lipinski definition) is 0. The van der Waals surface area contributed by atoms with Crippen LogP contribution in [0.5, 0.6) is 0 Å². The van der Waals surface area contributed by atoms with Crippen LogP contribution in [0, 0.1) is 0 Å². The predicted octanol–water partition coefficient (Wildman–Crippen LogP) is -0.352. The Hall–Kier alpha value is -1.07. The maximum absolute atomic E-state index is 11.3. The van der Waals surface area contributed by atoms with Crippen LogP contribution in [-0.4, -0.2) is 17.9 Å². The van der Waals surface area contributed by atoms with Gasteiger partial charge in [-0.1, -0.05) is 0 Å². The normalized spacial score (nSPS) is 11.2. The predicted molar refractivity (Wildman–Crippen MR) is 25.3 cm³/mol. The third-order valence-electron chi connectivity index (χ3n) is 0.863. The maximum Gasteiger partial charge on any atom is 0.389 e. The van der Waals surface area contributed by atoms with Crippen LogP contribution in [0.1, 0.15) is 12.8 Å². The van der Waals surface area contributed by atoms with Gasteiger partial charge in [0.05, 0.1) is 6.42 Å². The molecule has 64 valence electrons. The Morgan fingerprint density at radius 3 is 2.00 bits per heavy atom. The molecule has 0 spiro atoms. The van der Waals surface area contributed by atoms with Crippen LogP contribution < -0.4 is 5.11 Å². The zero-order chi connectivity index (χ0) is 9.07. The molecule has 3 nitrogen and oxygen atoms in total. The summed E-state index contributed by atoms with van der Waals surface area (Å²) < 4.78 is 33.9. The van der Waals surface area contributed by atoms with Crippen molar-refractivity contribution in [3.63, 3.8) is 0 Å². The smallest absolute Gasteiger partial charge is 0.389 e. The standard InChI is InChI=1S/C5H5F3O3/c6-5(7,8)2-1-3(9)4(10)11/h1-2H2,(H,10,11)/p-1. The van der Waals surface area contributed by atoms with Crippen molar-refractivity contribution in [3.05, 3.63) is 0 Å². The lowest BCUT2D eigenvalue weighted by Crippen LogP contribution is -2.32. The molecule has 0 unspecified atom stereocenters. The number of rotatable bonds is 3. The third-order valence-corrected chi connectivity index (χ3v) is 0.863. The summed E-state index contributed by atoms with van der Waals surface area (Å²) in [6.07, 6.45) is -6.96. The molecule has 0 N–H and O–H groups in total. The molecule has 0 saturated carbocycles. The molecule has 0 aliphatic rings. The Morgan fingerprint density at radius 1 is 1.27 bits per heavy atom. The topological polar surface area (TPSA) is 57.2 Å². The second-order valence-corrected chi connectivity index (χ2v) is 1.83. The molecular weight excluding hydrogens is 165 g/mol. The average molecular weight is 169 g/mol. The molecule has 0 heterocycles. The highest BCUT2D eigenvalue weighted by molar-refractivity contribution is 6.31. The summed E-state index contributed by atoms with van der Waals surface area (Å²) in [5.41, 5.74) is 0. The number of alkyl halides is 3. The quantitative estimate of drug-likeness (QED) is 0.542. The molecule has 0 fully saturated rings. The maximum atomic E-state index is 11.3. The van der Waals surface area contributed by atoms with Crippen LogP contribution in [0.3, 0.4) is 0 Å². The van der Waals surface area contributed by atoms with Gasteiger partial charge in [0.1, 0.15) is 5.97 Å². The largest absolute Gasteiger partial charge is 0.542 e. The number of carbonyl (C=O) groups excluding carboxylic acids is 2. The molecule has 0 aromatic carbocycles. The van der Waals surface area contributed by atoms with Crippen LogP contribution in [-0.2, 0) is 9.59 Å². The van der Waals surface area contributed by atoms with E-state index in [9.17, 15) is 27.9 Å². The minimum atomic E-state index is -4.49. The molecular formula is C5H4F3O3-. The second kappa shape index (κ2) is 3.36. The van der Waals surface area contributed by atoms with Gasteiger partial charge < -0.3 is 9.90 Å². The van der Waals surface area contributed by atoms with Gasteiger partial charge in [0.25, 0.3) is 0 Å². The average Bonchev–Trinajstić information content (AvgIpc) is 1.80. The van der Waals surface area contributed by atoms with Crippen LogP contribution in [0.4, 0.5) is 13.2 Å². The highest BCUT2D eigenvalue weighted by Crippen LogP contribution is 2.21. The Kier molecular flexibility index (Phi) is 3.03. The van der Waals surface area contributed by atoms with E-state index in [0.29, 0.717) is 0 Å². The fraction of sp³-hybridized carbons (Fsp3) is 0.600. The van der Waals surface area contributed by atoms with Crippen LogP contribution in [0.2, 0.25) is 0 Å². The zero-order valence-corrected chi connectivity index (χ0v) is 5.27. The summed E-state index contributed by atoms with van der Waals surface area (Å²) in [4.78, 5) is 19.6. The summed E-state index contributed by atoms with van der Waals surface area (Å²) in [5.74, 6) is -3.60. The lowest BCUT2D eigenvalue weighted by Gasteiger charge is -2.04. The first kappa shape index (κ1) is 9.93. The van der Waals surface area contributed by atoms with Gasteiger partial charge in [-0.15, -0.1) is 0 Å². The third kappa shape index (κ3) is 5.38. The number of Topliss-reactive ketones (excluding diaryl/α,β-unsaturated/α-hetero) is 1. The number of halogens is 3. The van der Waals surface area contributed by atoms with Gasteiger partial charge in [-0.3, -0.25) is 4.79 Å². The van der Waals surface area contributed by atoms with E-state index < -0.39 is 30.8 Å². The van der Waals surface area contributed by atoms with Gasteiger partial charge in [-0.2, -0.15) is 13.2 Å². The summed E-state index contributed by atoms with van der Waals surface area (Å²) >= 11 is 0. The van der Waals surface area contributed by atoms with Gasteiger partial charge in [-0.05, 0) is 0 Å². The van der Waals surface area contributed by atoms with Gasteiger partial charge in [0.2, 0.25) is 0 Å². The van der Waals surface area contributed by atoms with Gasteiger partial charge in [-0.25, -0.2) is 0 Å². The highest BCUT2D eigenvalue weighted by atomic mass is 19.4. The van der Waals surface area contributed by atoms with Crippen molar-refractivity contribution in [1.29, 1.82) is 0 Å². The van der Waals surface area contributed by atoms with Crippen LogP contribution in [0.15, 0.2) is 0 Å². The van der Waals surface area contributed by atoms with Crippen molar-refractivity contribution in [2.75, 3.05) is 0 Å². The number of aliphatic carboxylic acids is 1. The minimum absolute atomic E-state index is 1.05. The monoisotopic (exact) mass is 169 g/mol. The first-order valence-electron chi connectivity index (χ1n) is 2.64. The Bertz CT molecular complexity index is 172. The highest BCUT2D eigenvalue weighted by Gasteiger charge is 2.27. The summed E-state index contributed by atoms with van der Waals surface area (Å²) in [5, 5.41) is 9.59. The summed E-state index contributed by atoms with van der Waals surface area (Å²) in [7, 11) is 0. The molecule has 0 aromatic rings. The van der Waals surface area contributed by atoms with Gasteiger partial charge in [0.15, 0.2) is 5.78 Å². The number of carboxylic acids is 1. The fourth-order valence-electron chi connectivity index (χ4n) is 0.357. The van der Waals surface area contributed by atoms with Crippen molar-refractivity contribution in [2.45, 2.75) is 19.0 Å². The first-order chi connectivity index (χ1) is 4.83. The Labute approximate surface area is 59.8 Å². The molecule has 0 amide bonds. The molecule has 0 saturated heterocycles. The molecule has 0 atom stereocenters. The zero-order valence-electron chi connectivity index (χ0n) is 5.27. The van der Waals surface area contributed by atoms with Crippen LogP contribution >= 0.6 is 0 Å². The molecule has 6 heteroatoms. The molecule has 11 heavy (non-hydrogen) atoms. The molecule has 0 aliphatic heterocycles. The lowest BCUT2D eigenvalue weighted by molar-refractivity contribution is -0.300. The first-order valence-corrected chi connectivity index (χ1v) is 2.64. The van der Waals surface area contributed by atoms with E-state index in [4.69, 9.17) is 0 Å². The number of carbonyl (C=O) groups is 2. The van der Waals surface area contributed by atoms with E-state index in [-0.39, 0.29) is 0 Å².